The van der Waals surface area contributed by atoms with E-state index in [1.165, 1.54) is 4.88 Å². The third kappa shape index (κ3) is 6.22. The van der Waals surface area contributed by atoms with Gasteiger partial charge in [-0.05, 0) is 42.6 Å². The molecule has 1 amide bonds. The molecule has 0 saturated carbocycles. The molecule has 2 rings (SSSR count). The van der Waals surface area contributed by atoms with Gasteiger partial charge in [-0.15, -0.1) is 11.3 Å². The molecular weight excluding hydrogens is 332 g/mol. The molecule has 1 unspecified atom stereocenters. The summed E-state index contributed by atoms with van der Waals surface area (Å²) >= 11 is 7.48. The van der Waals surface area contributed by atoms with Gasteiger partial charge in [-0.3, -0.25) is 4.79 Å². The summed E-state index contributed by atoms with van der Waals surface area (Å²) in [6, 6.07) is 11.4. The van der Waals surface area contributed by atoms with Gasteiger partial charge in [-0.1, -0.05) is 17.7 Å². The van der Waals surface area contributed by atoms with Gasteiger partial charge in [-0.2, -0.15) is 0 Å². The maximum atomic E-state index is 12.0. The topological polar surface area (TPSA) is 42.8 Å². The van der Waals surface area contributed by atoms with Crippen LogP contribution in [-0.2, 0) is 4.79 Å². The van der Waals surface area contributed by atoms with Gasteiger partial charge in [0.05, 0.1) is 13.1 Å². The van der Waals surface area contributed by atoms with E-state index in [2.05, 4.69) is 5.32 Å². The predicted molar refractivity (Wildman–Crippen MR) is 94.4 cm³/mol. The Balaban J connectivity index is 1.66. The summed E-state index contributed by atoms with van der Waals surface area (Å²) in [5, 5.41) is 5.73. The third-order valence-electron chi connectivity index (χ3n) is 3.42. The van der Waals surface area contributed by atoms with Crippen LogP contribution in [0, 0.1) is 0 Å². The van der Waals surface area contributed by atoms with Gasteiger partial charge >= 0.3 is 0 Å². The Kier molecular flexibility index (Phi) is 6.89. The maximum Gasteiger partial charge on any atom is 0.275 e. The maximum absolute atomic E-state index is 12.0. The minimum atomic E-state index is 0.0508. The Bertz CT molecular complexity index is 602. The van der Waals surface area contributed by atoms with Crippen molar-refractivity contribution in [1.82, 2.24) is 5.32 Å². The normalized spacial score (nSPS) is 13.3. The lowest BCUT2D eigenvalue weighted by molar-refractivity contribution is -0.871. The fourth-order valence-corrected chi connectivity index (χ4v) is 3.00. The molecule has 4 nitrogen and oxygen atoms in total. The average molecular weight is 354 g/mol. The second-order valence-electron chi connectivity index (χ2n) is 5.49. The smallest absolute Gasteiger partial charge is 0.275 e. The van der Waals surface area contributed by atoms with Crippen molar-refractivity contribution in [3.8, 4) is 5.75 Å². The summed E-state index contributed by atoms with van der Waals surface area (Å²) in [5.74, 6) is 0.841. The summed E-state index contributed by atoms with van der Waals surface area (Å²) in [5.41, 5.74) is 0. The zero-order valence-corrected chi connectivity index (χ0v) is 14.9. The van der Waals surface area contributed by atoms with Gasteiger partial charge < -0.3 is 15.0 Å². The van der Waals surface area contributed by atoms with Crippen LogP contribution in [0.5, 0.6) is 5.75 Å². The van der Waals surface area contributed by atoms with E-state index in [1.54, 1.807) is 23.5 Å². The lowest BCUT2D eigenvalue weighted by atomic mass is 10.3. The van der Waals surface area contributed by atoms with E-state index in [4.69, 9.17) is 16.3 Å². The van der Waals surface area contributed by atoms with Gasteiger partial charge in [0.1, 0.15) is 18.9 Å². The number of rotatable bonds is 8. The van der Waals surface area contributed by atoms with Crippen molar-refractivity contribution < 1.29 is 14.4 Å². The molecule has 0 radical (unpaired) electrons. The van der Waals surface area contributed by atoms with E-state index in [9.17, 15) is 4.79 Å². The molecule has 2 N–H and O–H groups in total. The molecule has 1 aromatic carbocycles. The number of thiophene rings is 1. The highest BCUT2D eigenvalue weighted by atomic mass is 35.5. The monoisotopic (exact) mass is 353 g/mol. The van der Waals surface area contributed by atoms with Crippen molar-refractivity contribution in [3.05, 3.63) is 51.7 Å². The number of carbonyl (C=O) groups excluding carboxylic acids is 1. The van der Waals surface area contributed by atoms with Crippen LogP contribution >= 0.6 is 22.9 Å². The first-order valence-electron chi connectivity index (χ1n) is 7.57. The largest absolute Gasteiger partial charge is 0.488 e. The lowest BCUT2D eigenvalue weighted by Gasteiger charge is -2.16. The number of benzene rings is 1. The highest BCUT2D eigenvalue weighted by molar-refractivity contribution is 7.10. The number of ether oxygens (including phenoxy) is 1. The van der Waals surface area contributed by atoms with E-state index in [1.807, 2.05) is 43.6 Å². The molecule has 1 heterocycles. The van der Waals surface area contributed by atoms with Crippen molar-refractivity contribution in [2.75, 3.05) is 26.7 Å². The van der Waals surface area contributed by atoms with Crippen LogP contribution in [0.1, 0.15) is 17.8 Å². The number of nitrogens with one attached hydrogen (secondary N) is 2. The van der Waals surface area contributed by atoms with Crippen LogP contribution in [0.4, 0.5) is 0 Å². The molecule has 6 heteroatoms. The SMILES string of the molecule is C[C@H](NC(=O)C[NH+](C)CCOc1ccc(Cl)cc1)c1cccs1. The molecular formula is C17H22ClN2O2S+. The van der Waals surface area contributed by atoms with Crippen molar-refractivity contribution >= 4 is 28.8 Å². The Morgan fingerprint density at radius 3 is 2.74 bits per heavy atom. The van der Waals surface area contributed by atoms with E-state index in [0.717, 1.165) is 17.2 Å². The number of likely N-dealkylation sites (N-methyl/N-ethyl adjacent to an activating group) is 1. The highest BCUT2D eigenvalue weighted by Gasteiger charge is 2.14. The second kappa shape index (κ2) is 8.91. The van der Waals surface area contributed by atoms with E-state index in [0.29, 0.717) is 18.2 Å². The van der Waals surface area contributed by atoms with Crippen molar-refractivity contribution in [3.63, 3.8) is 0 Å². The van der Waals surface area contributed by atoms with Crippen molar-refractivity contribution in [2.24, 2.45) is 0 Å². The average Bonchev–Trinajstić information content (AvgIpc) is 3.03. The molecule has 0 bridgehead atoms. The number of hydrogen-bond donors (Lipinski definition) is 2. The first kappa shape index (κ1) is 17.8. The van der Waals surface area contributed by atoms with E-state index >= 15 is 0 Å². The van der Waals surface area contributed by atoms with Crippen molar-refractivity contribution in [1.29, 1.82) is 0 Å². The number of hydrogen-bond acceptors (Lipinski definition) is 3. The first-order chi connectivity index (χ1) is 11.0. The fourth-order valence-electron chi connectivity index (χ4n) is 2.14. The molecule has 1 aromatic heterocycles. The summed E-state index contributed by atoms with van der Waals surface area (Å²) < 4.78 is 5.64. The molecule has 0 aliphatic rings. The zero-order valence-electron chi connectivity index (χ0n) is 13.3. The van der Waals surface area contributed by atoms with Crippen LogP contribution in [0.3, 0.4) is 0 Å². The number of amides is 1. The lowest BCUT2D eigenvalue weighted by Crippen LogP contribution is -3.10. The van der Waals surface area contributed by atoms with Crippen molar-refractivity contribution in [2.45, 2.75) is 13.0 Å². The standard InChI is InChI=1S/C17H21ClN2O2S/c1-13(16-4-3-11-23-16)19-17(21)12-20(2)9-10-22-15-7-5-14(18)6-8-15/h3-8,11,13H,9-10,12H2,1-2H3,(H,19,21)/p+1/t13-/m0/s1. The highest BCUT2D eigenvalue weighted by Crippen LogP contribution is 2.17. The third-order valence-corrected chi connectivity index (χ3v) is 4.73. The van der Waals surface area contributed by atoms with Crippen LogP contribution in [0.15, 0.2) is 41.8 Å². The van der Waals surface area contributed by atoms with Crippen LogP contribution in [-0.4, -0.2) is 32.7 Å². The summed E-state index contributed by atoms with van der Waals surface area (Å²) in [4.78, 5) is 14.3. The minimum absolute atomic E-state index is 0.0508. The Labute approximate surface area is 146 Å². The zero-order chi connectivity index (χ0) is 16.7. The quantitative estimate of drug-likeness (QED) is 0.763. The minimum Gasteiger partial charge on any atom is -0.488 e. The van der Waals surface area contributed by atoms with E-state index in [-0.39, 0.29) is 11.9 Å². The number of quaternary nitrogens is 1. The summed E-state index contributed by atoms with van der Waals surface area (Å²) in [6.07, 6.45) is 0. The number of carbonyl (C=O) groups is 1. The van der Waals surface area contributed by atoms with Crippen LogP contribution in [0.2, 0.25) is 5.02 Å². The second-order valence-corrected chi connectivity index (χ2v) is 6.91. The molecule has 0 fully saturated rings. The van der Waals surface area contributed by atoms with Gasteiger partial charge in [-0.25, -0.2) is 0 Å². The Morgan fingerprint density at radius 2 is 2.09 bits per heavy atom. The van der Waals surface area contributed by atoms with Gasteiger partial charge in [0, 0.05) is 9.90 Å². The fraction of sp³-hybridized carbons (Fsp3) is 0.353. The summed E-state index contributed by atoms with van der Waals surface area (Å²) in [6.45, 7) is 3.74. The molecule has 0 saturated heterocycles. The number of halogens is 1. The molecule has 124 valence electrons. The first-order valence-corrected chi connectivity index (χ1v) is 8.83. The van der Waals surface area contributed by atoms with E-state index < -0.39 is 0 Å². The molecule has 0 aliphatic heterocycles. The molecule has 23 heavy (non-hydrogen) atoms. The molecule has 0 spiro atoms. The molecule has 2 aromatic rings. The molecule has 0 aliphatic carbocycles. The van der Waals surface area contributed by atoms with Gasteiger partial charge in [0.25, 0.3) is 5.91 Å². The Hall–Kier alpha value is -1.56. The van der Waals surface area contributed by atoms with Gasteiger partial charge in [0.15, 0.2) is 6.54 Å². The Morgan fingerprint density at radius 1 is 1.35 bits per heavy atom. The predicted octanol–water partition coefficient (Wildman–Crippen LogP) is 2.17. The van der Waals surface area contributed by atoms with Gasteiger partial charge in [0.2, 0.25) is 0 Å². The summed E-state index contributed by atoms with van der Waals surface area (Å²) in [7, 11) is 1.99. The molecule has 2 atom stereocenters. The van der Waals surface area contributed by atoms with Crippen LogP contribution < -0.4 is 15.0 Å². The van der Waals surface area contributed by atoms with Crippen LogP contribution in [0.25, 0.3) is 0 Å².